The molecule has 2 aromatic heterocycles. The zero-order valence-corrected chi connectivity index (χ0v) is 29.1. The van der Waals surface area contributed by atoms with Gasteiger partial charge in [0.05, 0.1) is 30.5 Å². The zero-order valence-electron chi connectivity index (χ0n) is 29.1. The molecule has 0 saturated carbocycles. The number of carbonyl (C=O) groups excluding carboxylic acids is 2. The molecule has 0 radical (unpaired) electrons. The number of aromatic nitrogens is 2. The molecule has 7 aromatic rings. The molecule has 8 nitrogen and oxygen atoms in total. The Labute approximate surface area is 307 Å². The van der Waals surface area contributed by atoms with Gasteiger partial charge in [-0.2, -0.15) is 0 Å². The zero-order chi connectivity index (χ0) is 36.2. The maximum absolute atomic E-state index is 13.4. The van der Waals surface area contributed by atoms with E-state index in [1.54, 1.807) is 6.20 Å². The van der Waals surface area contributed by atoms with Crippen LogP contribution in [0, 0.1) is 0 Å². The maximum Gasteiger partial charge on any atom is 0.259 e. The highest BCUT2D eigenvalue weighted by atomic mass is 16.5. The SMILES string of the molecule is O=C1NC(=O)C(c2cn(CCOC(CCO)COC(c3ccccc3)(c3ccccc3)c3ccccc3)c3ccccc23)=C1c1c[nH]c2ccccc12. The molecule has 0 aliphatic carbocycles. The van der Waals surface area contributed by atoms with Crippen LogP contribution in [-0.2, 0) is 31.2 Å². The molecule has 264 valence electrons. The van der Waals surface area contributed by atoms with Crippen LogP contribution in [0.2, 0.25) is 0 Å². The largest absolute Gasteiger partial charge is 0.396 e. The number of hydrogen-bond acceptors (Lipinski definition) is 5. The van der Waals surface area contributed by atoms with Gasteiger partial charge in [0.1, 0.15) is 5.60 Å². The molecule has 5 aromatic carbocycles. The minimum atomic E-state index is -0.915. The summed E-state index contributed by atoms with van der Waals surface area (Å²) in [5.74, 6) is -0.840. The number of aromatic amines is 1. The van der Waals surface area contributed by atoms with Gasteiger partial charge in [0.25, 0.3) is 11.8 Å². The molecule has 1 aliphatic heterocycles. The lowest BCUT2D eigenvalue weighted by atomic mass is 9.80. The van der Waals surface area contributed by atoms with E-state index in [9.17, 15) is 14.7 Å². The summed E-state index contributed by atoms with van der Waals surface area (Å²) >= 11 is 0. The van der Waals surface area contributed by atoms with E-state index in [1.807, 2.05) is 109 Å². The van der Waals surface area contributed by atoms with Crippen molar-refractivity contribution in [1.29, 1.82) is 0 Å². The predicted octanol–water partition coefficient (Wildman–Crippen LogP) is 7.47. The van der Waals surface area contributed by atoms with Gasteiger partial charge < -0.3 is 24.1 Å². The molecule has 53 heavy (non-hydrogen) atoms. The number of aliphatic hydroxyl groups excluding tert-OH is 1. The molecule has 1 aliphatic rings. The first-order chi connectivity index (χ1) is 26.1. The molecule has 0 saturated heterocycles. The van der Waals surface area contributed by atoms with Gasteiger partial charge >= 0.3 is 0 Å². The minimum Gasteiger partial charge on any atom is -0.396 e. The average Bonchev–Trinajstić information content (AvgIpc) is 3.88. The van der Waals surface area contributed by atoms with Crippen molar-refractivity contribution in [2.45, 2.75) is 24.7 Å². The molecule has 1 atom stereocenters. The number of hydrogen-bond donors (Lipinski definition) is 3. The van der Waals surface area contributed by atoms with Crippen molar-refractivity contribution in [3.05, 3.63) is 180 Å². The Balaban J connectivity index is 1.08. The Kier molecular flexibility index (Phi) is 9.57. The molecule has 3 heterocycles. The van der Waals surface area contributed by atoms with Gasteiger partial charge in [0.15, 0.2) is 0 Å². The van der Waals surface area contributed by atoms with Crippen molar-refractivity contribution in [2.75, 3.05) is 19.8 Å². The molecule has 8 rings (SSSR count). The van der Waals surface area contributed by atoms with Crippen molar-refractivity contribution in [2.24, 2.45) is 0 Å². The maximum atomic E-state index is 13.4. The Hall–Kier alpha value is -6.06. The lowest BCUT2D eigenvalue weighted by molar-refractivity contribution is -0.122. The number of nitrogens with one attached hydrogen (secondary N) is 2. The number of benzene rings is 5. The Bertz CT molecular complexity index is 2320. The van der Waals surface area contributed by atoms with Crippen molar-refractivity contribution in [3.63, 3.8) is 0 Å². The van der Waals surface area contributed by atoms with Gasteiger partial charge in [0.2, 0.25) is 0 Å². The summed E-state index contributed by atoms with van der Waals surface area (Å²) in [5, 5.41) is 14.4. The smallest absolute Gasteiger partial charge is 0.259 e. The molecule has 2 amide bonds. The number of nitrogens with zero attached hydrogens (tertiary/aromatic N) is 1. The van der Waals surface area contributed by atoms with Gasteiger partial charge in [-0.1, -0.05) is 127 Å². The summed E-state index contributed by atoms with van der Waals surface area (Å²) < 4.78 is 15.6. The molecule has 3 N–H and O–H groups in total. The number of para-hydroxylation sites is 2. The van der Waals surface area contributed by atoms with E-state index in [0.29, 0.717) is 41.8 Å². The second-order valence-electron chi connectivity index (χ2n) is 13.1. The van der Waals surface area contributed by atoms with E-state index >= 15 is 0 Å². The van der Waals surface area contributed by atoms with Crippen LogP contribution in [0.4, 0.5) is 0 Å². The van der Waals surface area contributed by atoms with Crippen LogP contribution in [-0.4, -0.2) is 52.4 Å². The van der Waals surface area contributed by atoms with E-state index < -0.39 is 23.5 Å². The molecule has 0 bridgehead atoms. The Morgan fingerprint density at radius 3 is 1.83 bits per heavy atom. The molecular weight excluding hydrogens is 663 g/mol. The van der Waals surface area contributed by atoms with Crippen molar-refractivity contribution in [1.82, 2.24) is 14.9 Å². The Morgan fingerprint density at radius 2 is 1.21 bits per heavy atom. The molecule has 0 spiro atoms. The molecule has 1 unspecified atom stereocenters. The molecular formula is C45H39N3O5. The number of aliphatic hydroxyl groups is 1. The summed E-state index contributed by atoms with van der Waals surface area (Å²) in [5.41, 5.74) is 5.91. The Morgan fingerprint density at radius 1 is 0.660 bits per heavy atom. The van der Waals surface area contributed by atoms with Gasteiger partial charge in [-0.25, -0.2) is 0 Å². The standard InChI is InChI=1S/C45H39N3O5/c49-26-24-34(30-53-45(31-14-4-1-5-15-31,32-16-6-2-7-17-32)33-18-8-3-9-19-33)52-27-25-48-29-38(36-21-11-13-23-40(36)48)42-41(43(50)47-44(42)51)37-28-46-39-22-12-10-20-35(37)39/h1-23,28-29,34,46,49H,24-27,30H2,(H,47,50,51). The predicted molar refractivity (Wildman–Crippen MR) is 207 cm³/mol. The fourth-order valence-corrected chi connectivity index (χ4v) is 7.54. The second kappa shape index (κ2) is 14.9. The number of rotatable bonds is 14. The fourth-order valence-electron chi connectivity index (χ4n) is 7.54. The minimum absolute atomic E-state index is 0.0620. The third-order valence-electron chi connectivity index (χ3n) is 10.0. The van der Waals surface area contributed by atoms with Crippen LogP contribution >= 0.6 is 0 Å². The summed E-state index contributed by atoms with van der Waals surface area (Å²) in [6.45, 7) is 0.948. The highest BCUT2D eigenvalue weighted by molar-refractivity contribution is 6.50. The van der Waals surface area contributed by atoms with Crippen LogP contribution in [0.1, 0.15) is 34.2 Å². The summed E-state index contributed by atoms with van der Waals surface area (Å²) in [4.78, 5) is 30.0. The highest BCUT2D eigenvalue weighted by Crippen LogP contribution is 2.41. The first-order valence-corrected chi connectivity index (χ1v) is 17.9. The van der Waals surface area contributed by atoms with Gasteiger partial charge in [-0.05, 0) is 35.2 Å². The van der Waals surface area contributed by atoms with E-state index in [1.165, 1.54) is 0 Å². The first kappa shape index (κ1) is 34.0. The van der Waals surface area contributed by atoms with E-state index in [4.69, 9.17) is 9.47 Å². The number of carbonyl (C=O) groups is 2. The van der Waals surface area contributed by atoms with Gasteiger partial charge in [-0.3, -0.25) is 14.9 Å². The summed E-state index contributed by atoms with van der Waals surface area (Å²) in [6, 6.07) is 46.1. The number of imide groups is 1. The van der Waals surface area contributed by atoms with Crippen molar-refractivity contribution < 1.29 is 24.2 Å². The number of amides is 2. The average molecular weight is 702 g/mol. The van der Waals surface area contributed by atoms with Crippen LogP contribution in [0.25, 0.3) is 33.0 Å². The third kappa shape index (κ3) is 6.38. The van der Waals surface area contributed by atoms with Gasteiger partial charge in [0, 0.05) is 58.5 Å². The monoisotopic (exact) mass is 701 g/mol. The van der Waals surface area contributed by atoms with E-state index in [0.717, 1.165) is 38.5 Å². The van der Waals surface area contributed by atoms with Crippen LogP contribution in [0.5, 0.6) is 0 Å². The van der Waals surface area contributed by atoms with Gasteiger partial charge in [-0.15, -0.1) is 0 Å². The number of fused-ring (bicyclic) bond motifs is 2. The van der Waals surface area contributed by atoms with Crippen molar-refractivity contribution >= 4 is 44.8 Å². The van der Waals surface area contributed by atoms with Crippen LogP contribution in [0.3, 0.4) is 0 Å². The third-order valence-corrected chi connectivity index (χ3v) is 10.0. The number of H-pyrrole nitrogens is 1. The number of ether oxygens (including phenoxy) is 2. The topological polar surface area (TPSA) is 106 Å². The quantitative estimate of drug-likeness (QED) is 0.0807. The molecule has 0 fully saturated rings. The first-order valence-electron chi connectivity index (χ1n) is 17.9. The molecule has 8 heteroatoms. The van der Waals surface area contributed by atoms with E-state index in [-0.39, 0.29) is 13.2 Å². The summed E-state index contributed by atoms with van der Waals surface area (Å²) in [7, 11) is 0. The highest BCUT2D eigenvalue weighted by Gasteiger charge is 2.38. The fraction of sp³-hybridized carbons (Fsp3) is 0.156. The lowest BCUT2D eigenvalue weighted by Gasteiger charge is -2.37. The summed E-state index contributed by atoms with van der Waals surface area (Å²) in [6.07, 6.45) is 3.69. The van der Waals surface area contributed by atoms with E-state index in [2.05, 4.69) is 51.3 Å². The van der Waals surface area contributed by atoms with Crippen LogP contribution in [0.15, 0.2) is 152 Å². The normalized spacial score (nSPS) is 14.0. The van der Waals surface area contributed by atoms with Crippen molar-refractivity contribution in [3.8, 4) is 0 Å². The lowest BCUT2D eigenvalue weighted by Crippen LogP contribution is -2.36. The van der Waals surface area contributed by atoms with Crippen LogP contribution < -0.4 is 5.32 Å². The second-order valence-corrected chi connectivity index (χ2v) is 13.1.